The summed E-state index contributed by atoms with van der Waals surface area (Å²) < 4.78 is 10.4. The molecule has 0 aliphatic heterocycles. The Morgan fingerprint density at radius 3 is 2.71 bits per heavy atom. The van der Waals surface area contributed by atoms with Gasteiger partial charge in [0.2, 0.25) is 0 Å². The van der Waals surface area contributed by atoms with Gasteiger partial charge in [0, 0.05) is 22.9 Å². The highest BCUT2D eigenvalue weighted by atomic mass is 16.5. The van der Waals surface area contributed by atoms with Gasteiger partial charge in [0.15, 0.2) is 11.5 Å². The predicted molar refractivity (Wildman–Crippen MR) is 88.8 cm³/mol. The summed E-state index contributed by atoms with van der Waals surface area (Å²) in [5.41, 5.74) is 2.14. The molecule has 0 aliphatic carbocycles. The lowest BCUT2D eigenvalue weighted by molar-refractivity contribution is 0.101. The highest BCUT2D eigenvalue weighted by Crippen LogP contribution is 2.24. The zero-order chi connectivity index (χ0) is 16.9. The Balaban J connectivity index is 1.77. The molecule has 2 aromatic carbocycles. The first-order valence-corrected chi connectivity index (χ1v) is 7.32. The van der Waals surface area contributed by atoms with E-state index in [0.29, 0.717) is 22.8 Å². The lowest BCUT2D eigenvalue weighted by Gasteiger charge is -2.09. The molecule has 0 fully saturated rings. The average molecular weight is 324 g/mol. The molecule has 0 radical (unpaired) electrons. The number of rotatable bonds is 5. The Morgan fingerprint density at radius 1 is 1.21 bits per heavy atom. The van der Waals surface area contributed by atoms with Crippen LogP contribution in [0.1, 0.15) is 16.1 Å². The second kappa shape index (κ2) is 6.97. The van der Waals surface area contributed by atoms with E-state index in [9.17, 15) is 9.90 Å². The van der Waals surface area contributed by atoms with Crippen LogP contribution < -0.4 is 10.1 Å². The molecule has 1 heterocycles. The Bertz CT molecular complexity index is 843. The van der Waals surface area contributed by atoms with E-state index in [1.165, 1.54) is 7.11 Å². The van der Waals surface area contributed by atoms with Crippen LogP contribution in [-0.2, 0) is 6.61 Å². The van der Waals surface area contributed by atoms with Crippen molar-refractivity contribution in [2.45, 2.75) is 6.61 Å². The SMILES string of the molecule is COc1ccc(NC(=O)c2cc(-c3ccccc3)on2)cc1CO. The van der Waals surface area contributed by atoms with Crippen molar-refractivity contribution in [3.05, 3.63) is 65.9 Å². The predicted octanol–water partition coefficient (Wildman–Crippen LogP) is 3.09. The number of aromatic nitrogens is 1. The minimum atomic E-state index is -0.394. The zero-order valence-electron chi connectivity index (χ0n) is 13.0. The minimum Gasteiger partial charge on any atom is -0.496 e. The summed E-state index contributed by atoms with van der Waals surface area (Å²) in [5.74, 6) is 0.685. The van der Waals surface area contributed by atoms with Crippen molar-refractivity contribution in [2.24, 2.45) is 0 Å². The topological polar surface area (TPSA) is 84.6 Å². The van der Waals surface area contributed by atoms with Crippen LogP contribution in [0.2, 0.25) is 0 Å². The number of carbonyl (C=O) groups excluding carboxylic acids is 1. The number of carbonyl (C=O) groups is 1. The molecule has 122 valence electrons. The number of benzene rings is 2. The Labute approximate surface area is 138 Å². The number of amides is 1. The van der Waals surface area contributed by atoms with Gasteiger partial charge in [-0.3, -0.25) is 4.79 Å². The van der Waals surface area contributed by atoms with E-state index in [4.69, 9.17) is 9.26 Å². The lowest BCUT2D eigenvalue weighted by atomic mass is 10.1. The van der Waals surface area contributed by atoms with Gasteiger partial charge in [0.25, 0.3) is 5.91 Å². The van der Waals surface area contributed by atoms with Gasteiger partial charge < -0.3 is 19.7 Å². The normalized spacial score (nSPS) is 10.4. The third-order valence-electron chi connectivity index (χ3n) is 3.51. The van der Waals surface area contributed by atoms with Crippen molar-refractivity contribution in [3.63, 3.8) is 0 Å². The maximum Gasteiger partial charge on any atom is 0.277 e. The van der Waals surface area contributed by atoms with Gasteiger partial charge in [-0.25, -0.2) is 0 Å². The van der Waals surface area contributed by atoms with E-state index in [0.717, 1.165) is 5.56 Å². The van der Waals surface area contributed by atoms with E-state index in [-0.39, 0.29) is 12.3 Å². The summed E-state index contributed by atoms with van der Waals surface area (Å²) in [6.45, 7) is -0.186. The third kappa shape index (κ3) is 3.28. The molecule has 3 rings (SSSR count). The summed E-state index contributed by atoms with van der Waals surface area (Å²) in [5, 5.41) is 15.9. The number of hydrogen-bond acceptors (Lipinski definition) is 5. The molecule has 0 bridgehead atoms. The number of anilines is 1. The van der Waals surface area contributed by atoms with Gasteiger partial charge >= 0.3 is 0 Å². The number of aliphatic hydroxyl groups is 1. The number of nitrogens with zero attached hydrogens (tertiary/aromatic N) is 1. The van der Waals surface area contributed by atoms with Gasteiger partial charge in [-0.05, 0) is 18.2 Å². The molecule has 1 aromatic heterocycles. The molecule has 0 atom stereocenters. The van der Waals surface area contributed by atoms with E-state index >= 15 is 0 Å². The molecule has 0 saturated heterocycles. The van der Waals surface area contributed by atoms with Crippen LogP contribution in [0.4, 0.5) is 5.69 Å². The maximum absolute atomic E-state index is 12.3. The molecular weight excluding hydrogens is 308 g/mol. The van der Waals surface area contributed by atoms with E-state index in [1.807, 2.05) is 30.3 Å². The summed E-state index contributed by atoms with van der Waals surface area (Å²) in [6.07, 6.45) is 0. The summed E-state index contributed by atoms with van der Waals surface area (Å²) in [6, 6.07) is 16.0. The van der Waals surface area contributed by atoms with Gasteiger partial charge in [-0.15, -0.1) is 0 Å². The Kier molecular flexibility index (Phi) is 4.58. The zero-order valence-corrected chi connectivity index (χ0v) is 13.0. The van der Waals surface area contributed by atoms with Crippen LogP contribution in [0.25, 0.3) is 11.3 Å². The van der Waals surface area contributed by atoms with Crippen LogP contribution in [-0.4, -0.2) is 23.3 Å². The van der Waals surface area contributed by atoms with Crippen LogP contribution >= 0.6 is 0 Å². The molecule has 0 unspecified atom stereocenters. The number of ether oxygens (including phenoxy) is 1. The second-order valence-corrected chi connectivity index (χ2v) is 5.08. The van der Waals surface area contributed by atoms with Gasteiger partial charge in [-0.1, -0.05) is 35.5 Å². The lowest BCUT2D eigenvalue weighted by Crippen LogP contribution is -2.12. The fraction of sp³-hybridized carbons (Fsp3) is 0.111. The molecule has 2 N–H and O–H groups in total. The molecular formula is C18H16N2O4. The van der Waals surface area contributed by atoms with Crippen molar-refractivity contribution < 1.29 is 19.2 Å². The highest BCUT2D eigenvalue weighted by molar-refractivity contribution is 6.03. The Hall–Kier alpha value is -3.12. The number of methoxy groups -OCH3 is 1. The first-order valence-electron chi connectivity index (χ1n) is 7.32. The van der Waals surface area contributed by atoms with E-state index < -0.39 is 5.91 Å². The molecule has 0 aliphatic rings. The standard InChI is InChI=1S/C18H16N2O4/c1-23-16-8-7-14(9-13(16)11-21)19-18(22)15-10-17(24-20-15)12-5-3-2-4-6-12/h2-10,21H,11H2,1H3,(H,19,22). The van der Waals surface area contributed by atoms with Crippen molar-refractivity contribution in [2.75, 3.05) is 12.4 Å². The van der Waals surface area contributed by atoms with Crippen molar-refractivity contribution in [3.8, 4) is 17.1 Å². The number of nitrogens with one attached hydrogen (secondary N) is 1. The van der Waals surface area contributed by atoms with E-state index in [1.54, 1.807) is 24.3 Å². The maximum atomic E-state index is 12.3. The van der Waals surface area contributed by atoms with Gasteiger partial charge in [0.05, 0.1) is 13.7 Å². The van der Waals surface area contributed by atoms with Crippen molar-refractivity contribution >= 4 is 11.6 Å². The molecule has 3 aromatic rings. The first kappa shape index (κ1) is 15.8. The third-order valence-corrected chi connectivity index (χ3v) is 3.51. The van der Waals surface area contributed by atoms with Crippen molar-refractivity contribution in [1.82, 2.24) is 5.16 Å². The summed E-state index contributed by atoms with van der Waals surface area (Å²) in [7, 11) is 1.52. The highest BCUT2D eigenvalue weighted by Gasteiger charge is 2.14. The van der Waals surface area contributed by atoms with Crippen LogP contribution in [0.3, 0.4) is 0 Å². The molecule has 6 heteroatoms. The smallest absolute Gasteiger partial charge is 0.277 e. The van der Waals surface area contributed by atoms with Crippen molar-refractivity contribution in [1.29, 1.82) is 0 Å². The molecule has 6 nitrogen and oxygen atoms in total. The van der Waals surface area contributed by atoms with Crippen LogP contribution in [0.15, 0.2) is 59.1 Å². The fourth-order valence-corrected chi connectivity index (χ4v) is 2.30. The first-order chi connectivity index (χ1) is 11.7. The van der Waals surface area contributed by atoms with Gasteiger partial charge in [0.1, 0.15) is 5.75 Å². The van der Waals surface area contributed by atoms with Crippen LogP contribution in [0, 0.1) is 0 Å². The minimum absolute atomic E-state index is 0.176. The Morgan fingerprint density at radius 2 is 2.00 bits per heavy atom. The molecule has 0 saturated carbocycles. The fourth-order valence-electron chi connectivity index (χ4n) is 2.30. The molecule has 0 spiro atoms. The van der Waals surface area contributed by atoms with E-state index in [2.05, 4.69) is 10.5 Å². The average Bonchev–Trinajstić information content (AvgIpc) is 3.12. The van der Waals surface area contributed by atoms with Gasteiger partial charge in [-0.2, -0.15) is 0 Å². The largest absolute Gasteiger partial charge is 0.496 e. The molecule has 1 amide bonds. The summed E-state index contributed by atoms with van der Waals surface area (Å²) >= 11 is 0. The summed E-state index contributed by atoms with van der Waals surface area (Å²) in [4.78, 5) is 12.3. The second-order valence-electron chi connectivity index (χ2n) is 5.08. The number of aliphatic hydroxyl groups excluding tert-OH is 1. The molecule has 24 heavy (non-hydrogen) atoms. The van der Waals surface area contributed by atoms with Crippen LogP contribution in [0.5, 0.6) is 5.75 Å². The monoisotopic (exact) mass is 324 g/mol. The quantitative estimate of drug-likeness (QED) is 0.753. The number of hydrogen-bond donors (Lipinski definition) is 2.